The second-order valence-electron chi connectivity index (χ2n) is 5.55. The van der Waals surface area contributed by atoms with Gasteiger partial charge < -0.3 is 14.6 Å². The Hall–Kier alpha value is -3.12. The Kier molecular flexibility index (Phi) is 6.03. The van der Waals surface area contributed by atoms with Gasteiger partial charge in [0.1, 0.15) is 22.7 Å². The number of hydrogen-bond donors (Lipinski definition) is 2. The Morgan fingerprint density at radius 1 is 1.24 bits per heavy atom. The van der Waals surface area contributed by atoms with Crippen LogP contribution in [0.15, 0.2) is 62.7 Å². The van der Waals surface area contributed by atoms with Gasteiger partial charge in [-0.1, -0.05) is 21.1 Å². The maximum Gasteiger partial charge on any atom is 0.327 e. The maximum atomic E-state index is 12.5. The van der Waals surface area contributed by atoms with Crippen molar-refractivity contribution in [3.05, 3.63) is 53.3 Å². The van der Waals surface area contributed by atoms with Crippen molar-refractivity contribution in [1.29, 1.82) is 0 Å². The zero-order valence-electron chi connectivity index (χ0n) is 15.3. The van der Waals surface area contributed by atoms with Crippen molar-refractivity contribution < 1.29 is 22.5 Å². The number of aromatic nitrogens is 2. The summed E-state index contributed by atoms with van der Waals surface area (Å²) in [6.07, 6.45) is 2.38. The molecule has 2 amide bonds. The van der Waals surface area contributed by atoms with E-state index in [1.807, 2.05) is 0 Å². The fraction of sp³-hybridized carbons (Fsp3) is 0.118. The molecule has 2 N–H and O–H groups in total. The normalized spacial score (nSPS) is 11.0. The fourth-order valence-electron chi connectivity index (χ4n) is 2.41. The van der Waals surface area contributed by atoms with Crippen molar-refractivity contribution in [3.8, 4) is 5.75 Å². The molecular formula is C17H16BrN5O5S. The lowest BCUT2D eigenvalue weighted by molar-refractivity contribution is 0.250. The monoisotopic (exact) mass is 481 g/mol. The number of anilines is 3. The number of benzene rings is 1. The molecule has 0 aliphatic heterocycles. The van der Waals surface area contributed by atoms with Crippen LogP contribution in [-0.4, -0.2) is 38.7 Å². The molecule has 0 saturated heterocycles. The number of hydrogen-bond acceptors (Lipinski definition) is 7. The van der Waals surface area contributed by atoms with Gasteiger partial charge in [-0.15, -0.1) is 0 Å². The first-order chi connectivity index (χ1) is 13.9. The number of nitrogens with one attached hydrogen (secondary N) is 2. The van der Waals surface area contributed by atoms with Crippen molar-refractivity contribution in [2.45, 2.75) is 4.90 Å². The highest BCUT2D eigenvalue weighted by Crippen LogP contribution is 2.35. The van der Waals surface area contributed by atoms with Gasteiger partial charge in [-0.2, -0.15) is 0 Å². The van der Waals surface area contributed by atoms with Gasteiger partial charge in [-0.25, -0.2) is 23.1 Å². The van der Waals surface area contributed by atoms with E-state index in [2.05, 4.69) is 40.6 Å². The Balaban J connectivity index is 1.99. The van der Waals surface area contributed by atoms with Crippen LogP contribution in [0.4, 0.5) is 22.1 Å². The topological polar surface area (TPSA) is 127 Å². The average molecular weight is 482 g/mol. The van der Waals surface area contributed by atoms with E-state index in [-0.39, 0.29) is 16.5 Å². The number of methoxy groups -OCH3 is 1. The lowest BCUT2D eigenvalue weighted by Gasteiger charge is -2.23. The van der Waals surface area contributed by atoms with Crippen molar-refractivity contribution in [2.75, 3.05) is 23.8 Å². The summed E-state index contributed by atoms with van der Waals surface area (Å²) in [5, 5.41) is 6.04. The van der Waals surface area contributed by atoms with Crippen LogP contribution < -0.4 is 19.7 Å². The van der Waals surface area contributed by atoms with Crippen LogP contribution in [0, 0.1) is 0 Å². The highest BCUT2D eigenvalue weighted by molar-refractivity contribution is 9.10. The first kappa shape index (κ1) is 20.6. The molecule has 0 unspecified atom stereocenters. The maximum absolute atomic E-state index is 12.5. The smallest absolute Gasteiger partial charge is 0.327 e. The molecule has 0 bridgehead atoms. The van der Waals surface area contributed by atoms with Gasteiger partial charge in [0.2, 0.25) is 0 Å². The molecule has 12 heteroatoms. The van der Waals surface area contributed by atoms with Crippen LogP contribution in [0.3, 0.4) is 0 Å². The number of nitrogens with zero attached hydrogens (tertiary/aromatic N) is 3. The molecule has 0 aliphatic carbocycles. The quantitative estimate of drug-likeness (QED) is 0.553. The van der Waals surface area contributed by atoms with Gasteiger partial charge >= 0.3 is 6.03 Å². The van der Waals surface area contributed by atoms with Gasteiger partial charge in [0.05, 0.1) is 12.8 Å². The molecule has 29 heavy (non-hydrogen) atoms. The largest absolute Gasteiger partial charge is 0.495 e. The predicted octanol–water partition coefficient (Wildman–Crippen LogP) is 3.12. The predicted molar refractivity (Wildman–Crippen MR) is 109 cm³/mol. The van der Waals surface area contributed by atoms with Crippen LogP contribution in [-0.2, 0) is 10.0 Å². The van der Waals surface area contributed by atoms with E-state index >= 15 is 0 Å². The van der Waals surface area contributed by atoms with Crippen molar-refractivity contribution in [3.63, 3.8) is 0 Å². The lowest BCUT2D eigenvalue weighted by atomic mass is 10.2. The van der Waals surface area contributed by atoms with E-state index in [0.29, 0.717) is 11.4 Å². The summed E-state index contributed by atoms with van der Waals surface area (Å²) in [6, 6.07) is 8.76. The Bertz CT molecular complexity index is 1100. The lowest BCUT2D eigenvalue weighted by Crippen LogP contribution is -2.35. The van der Waals surface area contributed by atoms with Crippen LogP contribution in [0.1, 0.15) is 0 Å². The molecule has 2 heterocycles. The van der Waals surface area contributed by atoms with Crippen LogP contribution in [0.2, 0.25) is 0 Å². The number of carbonyl (C=O) groups excluding carboxylic acids is 1. The summed E-state index contributed by atoms with van der Waals surface area (Å²) in [7, 11) is -0.970. The third kappa shape index (κ3) is 4.49. The molecule has 0 atom stereocenters. The molecule has 0 spiro atoms. The van der Waals surface area contributed by atoms with Gasteiger partial charge in [0, 0.05) is 23.8 Å². The Labute approximate surface area is 175 Å². The highest BCUT2D eigenvalue weighted by Gasteiger charge is 2.23. The Morgan fingerprint density at radius 2 is 2.03 bits per heavy atom. The molecular weight excluding hydrogens is 466 g/mol. The summed E-state index contributed by atoms with van der Waals surface area (Å²) in [5.41, 5.74) is 0.421. The number of ether oxygens (including phenoxy) is 1. The van der Waals surface area contributed by atoms with E-state index < -0.39 is 16.1 Å². The number of carbonyl (C=O) groups is 1. The third-order valence-corrected chi connectivity index (χ3v) is 5.57. The third-order valence-electron chi connectivity index (χ3n) is 3.74. The van der Waals surface area contributed by atoms with Crippen molar-refractivity contribution >= 4 is 49.3 Å². The van der Waals surface area contributed by atoms with Gasteiger partial charge in [-0.05, 0) is 30.3 Å². The minimum atomic E-state index is -3.92. The average Bonchev–Trinajstić information content (AvgIpc) is 3.21. The molecule has 10 nitrogen and oxygen atoms in total. The first-order valence-electron chi connectivity index (χ1n) is 8.10. The number of pyridine rings is 1. The number of urea groups is 1. The Morgan fingerprint density at radius 3 is 2.62 bits per heavy atom. The van der Waals surface area contributed by atoms with Crippen LogP contribution in [0.25, 0.3) is 0 Å². The summed E-state index contributed by atoms with van der Waals surface area (Å²) >= 11 is 3.37. The minimum Gasteiger partial charge on any atom is -0.495 e. The second-order valence-corrected chi connectivity index (χ2v) is 8.15. The molecule has 0 saturated carbocycles. The summed E-state index contributed by atoms with van der Waals surface area (Å²) in [5.74, 6) is 0.670. The number of rotatable bonds is 6. The fourth-order valence-corrected chi connectivity index (χ4v) is 3.70. The molecule has 0 fully saturated rings. The molecule has 0 radical (unpaired) electrons. The SMILES string of the molecule is CNC(=O)N(c1ccc(S(=O)(=O)Nc2ccon2)cn1)c1cc(Br)ccc1OC. The zero-order chi connectivity index (χ0) is 21.0. The number of sulfonamides is 1. The van der Waals surface area contributed by atoms with E-state index in [4.69, 9.17) is 4.74 Å². The van der Waals surface area contributed by atoms with E-state index in [0.717, 1.165) is 10.7 Å². The molecule has 3 rings (SSSR count). The van der Waals surface area contributed by atoms with Crippen molar-refractivity contribution in [1.82, 2.24) is 15.5 Å². The first-order valence-corrected chi connectivity index (χ1v) is 10.4. The highest BCUT2D eigenvalue weighted by atomic mass is 79.9. The zero-order valence-corrected chi connectivity index (χ0v) is 17.7. The van der Waals surface area contributed by atoms with Crippen LogP contribution >= 0.6 is 15.9 Å². The number of amides is 2. The van der Waals surface area contributed by atoms with E-state index in [1.54, 1.807) is 18.2 Å². The number of halogens is 1. The van der Waals surface area contributed by atoms with Crippen molar-refractivity contribution in [2.24, 2.45) is 0 Å². The second kappa shape index (κ2) is 8.49. The minimum absolute atomic E-state index is 0.0416. The summed E-state index contributed by atoms with van der Waals surface area (Å²) in [4.78, 5) is 17.9. The van der Waals surface area contributed by atoms with E-state index in [1.165, 1.54) is 43.5 Å². The van der Waals surface area contributed by atoms with Gasteiger partial charge in [-0.3, -0.25) is 4.72 Å². The van der Waals surface area contributed by atoms with Crippen LogP contribution in [0.5, 0.6) is 5.75 Å². The standard InChI is InChI=1S/C17H16BrN5O5S/c1-19-17(24)23(13-9-11(18)3-5-14(13)27-2)16-6-4-12(10-20-16)29(25,26)22-15-7-8-28-21-15/h3-10H,1-2H3,(H,19,24)(H,21,22). The molecule has 3 aromatic rings. The molecule has 1 aromatic carbocycles. The summed E-state index contributed by atoms with van der Waals surface area (Å²) < 4.78 is 37.8. The van der Waals surface area contributed by atoms with E-state index in [9.17, 15) is 13.2 Å². The molecule has 152 valence electrons. The molecule has 0 aliphatic rings. The van der Waals surface area contributed by atoms with Gasteiger partial charge in [0.15, 0.2) is 5.82 Å². The summed E-state index contributed by atoms with van der Waals surface area (Å²) in [6.45, 7) is 0. The van der Waals surface area contributed by atoms with Gasteiger partial charge in [0.25, 0.3) is 10.0 Å². The molecule has 2 aromatic heterocycles.